The maximum absolute atomic E-state index is 12.4. The molecule has 0 saturated heterocycles. The van der Waals surface area contributed by atoms with Crippen molar-refractivity contribution in [3.8, 4) is 0 Å². The molecule has 2 N–H and O–H groups in total. The zero-order valence-electron chi connectivity index (χ0n) is 11.8. The van der Waals surface area contributed by atoms with E-state index in [1.165, 1.54) is 0 Å². The minimum atomic E-state index is -0.233. The van der Waals surface area contributed by atoms with E-state index in [9.17, 15) is 4.79 Å². The molecule has 0 heterocycles. The van der Waals surface area contributed by atoms with Crippen LogP contribution in [0.3, 0.4) is 0 Å². The molecule has 0 spiro atoms. The Hall–Kier alpha value is -1.71. The molecule has 0 unspecified atom stereocenters. The van der Waals surface area contributed by atoms with Gasteiger partial charge in [-0.15, -0.1) is 0 Å². The van der Waals surface area contributed by atoms with Crippen LogP contribution in [0.25, 0.3) is 0 Å². The third kappa shape index (κ3) is 3.90. The van der Waals surface area contributed by atoms with Gasteiger partial charge in [-0.25, -0.2) is 0 Å². The number of amides is 1. The van der Waals surface area contributed by atoms with Gasteiger partial charge in [0, 0.05) is 11.7 Å². The van der Waals surface area contributed by atoms with E-state index in [-0.39, 0.29) is 11.9 Å². The number of hydrogen-bond acceptors (Lipinski definition) is 2. The number of para-hydroxylation sites is 1. The van der Waals surface area contributed by atoms with Gasteiger partial charge in [-0.3, -0.25) is 4.79 Å². The van der Waals surface area contributed by atoms with Crippen molar-refractivity contribution in [3.63, 3.8) is 0 Å². The summed E-state index contributed by atoms with van der Waals surface area (Å²) in [5.41, 5.74) is 1.83. The lowest BCUT2D eigenvalue weighted by Crippen LogP contribution is -2.17. The molecule has 2 aromatic carbocycles. The summed E-state index contributed by atoms with van der Waals surface area (Å²) in [7, 11) is 0. The van der Waals surface area contributed by atoms with E-state index in [4.69, 9.17) is 23.2 Å². The predicted molar refractivity (Wildman–Crippen MR) is 89.6 cm³/mol. The van der Waals surface area contributed by atoms with Crippen LogP contribution >= 0.6 is 23.2 Å². The molecule has 110 valence electrons. The molecular weight excluding hydrogens is 307 g/mol. The van der Waals surface area contributed by atoms with Gasteiger partial charge in [-0.1, -0.05) is 41.4 Å². The number of carbonyl (C=O) groups is 1. The first-order chi connectivity index (χ1) is 9.99. The van der Waals surface area contributed by atoms with E-state index >= 15 is 0 Å². The van der Waals surface area contributed by atoms with E-state index in [2.05, 4.69) is 10.6 Å². The number of benzene rings is 2. The zero-order valence-corrected chi connectivity index (χ0v) is 13.3. The summed E-state index contributed by atoms with van der Waals surface area (Å²) in [6.07, 6.45) is 0. The number of halogens is 2. The molecule has 21 heavy (non-hydrogen) atoms. The summed E-state index contributed by atoms with van der Waals surface area (Å²) >= 11 is 12.0. The van der Waals surface area contributed by atoms with Crippen LogP contribution in [0.5, 0.6) is 0 Å². The first-order valence-corrected chi connectivity index (χ1v) is 7.35. The molecule has 3 nitrogen and oxygen atoms in total. The molecular formula is C16H16Cl2N2O. The van der Waals surface area contributed by atoms with Crippen LogP contribution in [0.15, 0.2) is 42.5 Å². The van der Waals surface area contributed by atoms with E-state index in [1.54, 1.807) is 24.3 Å². The van der Waals surface area contributed by atoms with Crippen LogP contribution < -0.4 is 10.6 Å². The summed E-state index contributed by atoms with van der Waals surface area (Å²) < 4.78 is 0. The summed E-state index contributed by atoms with van der Waals surface area (Å²) in [4.78, 5) is 12.4. The molecule has 0 aliphatic rings. The van der Waals surface area contributed by atoms with Gasteiger partial charge in [0.25, 0.3) is 5.91 Å². The molecule has 0 aliphatic heterocycles. The van der Waals surface area contributed by atoms with Gasteiger partial charge in [0.05, 0.1) is 21.3 Å². The quantitative estimate of drug-likeness (QED) is 0.825. The fourth-order valence-corrected chi connectivity index (χ4v) is 2.26. The molecule has 2 rings (SSSR count). The highest BCUT2D eigenvalue weighted by Gasteiger charge is 2.14. The Balaban J connectivity index is 2.27. The lowest BCUT2D eigenvalue weighted by molar-refractivity contribution is 0.102. The molecule has 0 aromatic heterocycles. The van der Waals surface area contributed by atoms with Crippen LogP contribution in [0.4, 0.5) is 11.4 Å². The van der Waals surface area contributed by atoms with Crippen LogP contribution in [0, 0.1) is 0 Å². The molecule has 2 aromatic rings. The standard InChI is InChI=1S/C16H16Cl2N2O/c1-10(2)19-13-8-4-3-6-11(13)16(21)20-14-9-5-7-12(17)15(14)18/h3-10,19H,1-2H3,(H,20,21). The highest BCUT2D eigenvalue weighted by atomic mass is 35.5. The van der Waals surface area contributed by atoms with Gasteiger partial charge in [0.1, 0.15) is 0 Å². The summed E-state index contributed by atoms with van der Waals surface area (Å²) in [6, 6.07) is 12.7. The van der Waals surface area contributed by atoms with Crippen molar-refractivity contribution < 1.29 is 4.79 Å². The Labute approximate surface area is 134 Å². The fourth-order valence-electron chi connectivity index (χ4n) is 1.91. The van der Waals surface area contributed by atoms with Gasteiger partial charge in [0.15, 0.2) is 0 Å². The third-order valence-electron chi connectivity index (χ3n) is 2.82. The highest BCUT2D eigenvalue weighted by molar-refractivity contribution is 6.44. The monoisotopic (exact) mass is 322 g/mol. The number of carbonyl (C=O) groups excluding carboxylic acids is 1. The van der Waals surface area contributed by atoms with Crippen molar-refractivity contribution in [2.45, 2.75) is 19.9 Å². The van der Waals surface area contributed by atoms with Crippen LogP contribution in [-0.2, 0) is 0 Å². The van der Waals surface area contributed by atoms with Crippen molar-refractivity contribution in [3.05, 3.63) is 58.1 Å². The minimum absolute atomic E-state index is 0.230. The number of rotatable bonds is 4. The molecule has 0 atom stereocenters. The van der Waals surface area contributed by atoms with Crippen molar-refractivity contribution >= 4 is 40.5 Å². The number of nitrogens with one attached hydrogen (secondary N) is 2. The van der Waals surface area contributed by atoms with Gasteiger partial charge >= 0.3 is 0 Å². The first kappa shape index (κ1) is 15.7. The van der Waals surface area contributed by atoms with Gasteiger partial charge in [-0.2, -0.15) is 0 Å². The largest absolute Gasteiger partial charge is 0.382 e. The molecule has 0 fully saturated rings. The fraction of sp³-hybridized carbons (Fsp3) is 0.188. The van der Waals surface area contributed by atoms with Crippen molar-refractivity contribution in [2.75, 3.05) is 10.6 Å². The average molecular weight is 323 g/mol. The second-order valence-corrected chi connectivity index (χ2v) is 5.69. The number of hydrogen-bond donors (Lipinski definition) is 2. The number of anilines is 2. The van der Waals surface area contributed by atoms with E-state index in [0.717, 1.165) is 5.69 Å². The van der Waals surface area contributed by atoms with E-state index < -0.39 is 0 Å². The van der Waals surface area contributed by atoms with Gasteiger partial charge in [-0.05, 0) is 38.1 Å². The first-order valence-electron chi connectivity index (χ1n) is 6.60. The summed E-state index contributed by atoms with van der Waals surface area (Å²) in [5, 5.41) is 6.77. The topological polar surface area (TPSA) is 41.1 Å². The maximum Gasteiger partial charge on any atom is 0.257 e. The summed E-state index contributed by atoms with van der Waals surface area (Å²) in [5.74, 6) is -0.233. The Morgan fingerprint density at radius 3 is 2.38 bits per heavy atom. The third-order valence-corrected chi connectivity index (χ3v) is 3.63. The Morgan fingerprint density at radius 1 is 1.00 bits per heavy atom. The normalized spacial score (nSPS) is 10.5. The predicted octanol–water partition coefficient (Wildman–Crippen LogP) is 5.07. The molecule has 5 heteroatoms. The maximum atomic E-state index is 12.4. The van der Waals surface area contributed by atoms with E-state index in [0.29, 0.717) is 21.3 Å². The molecule has 0 bridgehead atoms. The van der Waals surface area contributed by atoms with Crippen molar-refractivity contribution in [1.82, 2.24) is 0 Å². The summed E-state index contributed by atoms with van der Waals surface area (Å²) in [6.45, 7) is 4.03. The lowest BCUT2D eigenvalue weighted by Gasteiger charge is -2.15. The van der Waals surface area contributed by atoms with Crippen molar-refractivity contribution in [1.29, 1.82) is 0 Å². The Kier molecular flexibility index (Phi) is 5.10. The molecule has 0 saturated carbocycles. The average Bonchev–Trinajstić information content (AvgIpc) is 2.44. The lowest BCUT2D eigenvalue weighted by atomic mass is 10.1. The smallest absolute Gasteiger partial charge is 0.257 e. The van der Waals surface area contributed by atoms with Crippen LogP contribution in [0.2, 0.25) is 10.0 Å². The van der Waals surface area contributed by atoms with Crippen LogP contribution in [-0.4, -0.2) is 11.9 Å². The molecule has 0 radical (unpaired) electrons. The molecule has 0 aliphatic carbocycles. The van der Waals surface area contributed by atoms with Crippen LogP contribution in [0.1, 0.15) is 24.2 Å². The Bertz CT molecular complexity index is 656. The Morgan fingerprint density at radius 2 is 1.67 bits per heavy atom. The second kappa shape index (κ2) is 6.83. The SMILES string of the molecule is CC(C)Nc1ccccc1C(=O)Nc1cccc(Cl)c1Cl. The van der Waals surface area contributed by atoms with E-state index in [1.807, 2.05) is 32.0 Å². The van der Waals surface area contributed by atoms with Gasteiger partial charge < -0.3 is 10.6 Å². The van der Waals surface area contributed by atoms with Crippen molar-refractivity contribution in [2.24, 2.45) is 0 Å². The molecule has 1 amide bonds. The zero-order chi connectivity index (χ0) is 15.4. The highest BCUT2D eigenvalue weighted by Crippen LogP contribution is 2.30. The second-order valence-electron chi connectivity index (χ2n) is 4.90. The van der Waals surface area contributed by atoms with Gasteiger partial charge in [0.2, 0.25) is 0 Å². The minimum Gasteiger partial charge on any atom is -0.382 e.